The molecule has 10 aromatic carbocycles. The summed E-state index contributed by atoms with van der Waals surface area (Å²) < 4.78 is 7.67. The number of hydrogen-bond donors (Lipinski definition) is 0. The normalized spacial score (nSPS) is 12.2. The third-order valence-electron chi connectivity index (χ3n) is 12.6. The quantitative estimate of drug-likeness (QED) is 0.153. The Bertz CT molecular complexity index is 3670. The number of rotatable bonds is 6. The van der Waals surface area contributed by atoms with Gasteiger partial charge in [0, 0.05) is 31.3 Å². The Morgan fingerprint density at radius 1 is 0.410 bits per heavy atom. The molecule has 2 heteroatoms. The maximum atomic E-state index is 6.43. The number of furan rings is 1. The molecule has 0 aliphatic rings. The molecule has 0 fully saturated rings. The summed E-state index contributed by atoms with van der Waals surface area (Å²) in [6, 6.07) is 68.6. The molecule has 0 amide bonds. The number of allylic oxidation sites excluding steroid dienone is 1. The summed E-state index contributed by atoms with van der Waals surface area (Å²) in [7, 11) is 0. The zero-order valence-corrected chi connectivity index (χ0v) is 34.4. The molecule has 0 aliphatic carbocycles. The number of fused-ring (bicyclic) bond motifs is 8. The first kappa shape index (κ1) is 35.4. The predicted octanol–water partition coefficient (Wildman–Crippen LogP) is 17.5. The van der Waals surface area contributed by atoms with Gasteiger partial charge in [-0.2, -0.15) is 0 Å². The molecular weight excluding hydrogens is 757 g/mol. The lowest BCUT2D eigenvalue weighted by Gasteiger charge is -2.20. The van der Waals surface area contributed by atoms with Crippen molar-refractivity contribution in [2.75, 3.05) is 0 Å². The molecule has 0 radical (unpaired) electrons. The highest BCUT2D eigenvalue weighted by atomic mass is 32.1. The smallest absolute Gasteiger partial charge is 0.136 e. The monoisotopic (exact) mass is 794 g/mol. The Morgan fingerprint density at radius 3 is 1.44 bits per heavy atom. The van der Waals surface area contributed by atoms with Crippen molar-refractivity contribution in [3.63, 3.8) is 0 Å². The van der Waals surface area contributed by atoms with Crippen molar-refractivity contribution in [1.29, 1.82) is 0 Å². The van der Waals surface area contributed by atoms with Crippen molar-refractivity contribution in [1.82, 2.24) is 0 Å². The van der Waals surface area contributed by atoms with E-state index in [0.29, 0.717) is 0 Å². The van der Waals surface area contributed by atoms with E-state index in [0.717, 1.165) is 27.5 Å². The molecule has 0 saturated heterocycles. The van der Waals surface area contributed by atoms with Crippen LogP contribution in [0.2, 0.25) is 0 Å². The summed E-state index contributed by atoms with van der Waals surface area (Å²) in [6.07, 6.45) is 4.36. The molecule has 0 bridgehead atoms. The van der Waals surface area contributed by atoms with Gasteiger partial charge < -0.3 is 4.42 Å². The van der Waals surface area contributed by atoms with E-state index >= 15 is 0 Å². The van der Waals surface area contributed by atoms with Crippen LogP contribution in [0.1, 0.15) is 22.9 Å². The van der Waals surface area contributed by atoms with E-state index in [9.17, 15) is 0 Å². The summed E-state index contributed by atoms with van der Waals surface area (Å²) in [5.41, 5.74) is 12.8. The summed E-state index contributed by atoms with van der Waals surface area (Å²) in [6.45, 7) is 6.58. The van der Waals surface area contributed by atoms with Crippen LogP contribution in [0, 0.1) is 0 Å². The van der Waals surface area contributed by atoms with Gasteiger partial charge in [0.15, 0.2) is 0 Å². The van der Waals surface area contributed by atoms with Gasteiger partial charge in [0.25, 0.3) is 0 Å². The number of hydrogen-bond acceptors (Lipinski definition) is 2. The average molecular weight is 795 g/mol. The minimum absolute atomic E-state index is 0.900. The highest BCUT2D eigenvalue weighted by Crippen LogP contribution is 2.49. The Hall–Kier alpha value is -7.52. The molecule has 2 aromatic heterocycles. The fourth-order valence-corrected chi connectivity index (χ4v) is 11.1. The van der Waals surface area contributed by atoms with Gasteiger partial charge in [-0.3, -0.25) is 0 Å². The molecule has 0 saturated carbocycles. The van der Waals surface area contributed by atoms with Gasteiger partial charge in [-0.15, -0.1) is 11.3 Å². The maximum Gasteiger partial charge on any atom is 0.136 e. The van der Waals surface area contributed by atoms with Crippen LogP contribution >= 0.6 is 11.3 Å². The van der Waals surface area contributed by atoms with Crippen LogP contribution in [0.25, 0.3) is 120 Å². The van der Waals surface area contributed by atoms with E-state index < -0.39 is 0 Å². The van der Waals surface area contributed by atoms with Gasteiger partial charge in [0.05, 0.1) is 0 Å². The van der Waals surface area contributed by atoms with Gasteiger partial charge in [-0.1, -0.05) is 176 Å². The Kier molecular flexibility index (Phi) is 8.16. The molecule has 0 aliphatic heterocycles. The van der Waals surface area contributed by atoms with Gasteiger partial charge in [0.2, 0.25) is 0 Å². The summed E-state index contributed by atoms with van der Waals surface area (Å²) in [5, 5.41) is 13.4. The number of benzene rings is 10. The van der Waals surface area contributed by atoms with Crippen molar-refractivity contribution in [3.8, 4) is 33.4 Å². The van der Waals surface area contributed by atoms with Crippen molar-refractivity contribution in [2.24, 2.45) is 0 Å². The van der Waals surface area contributed by atoms with E-state index in [1.54, 1.807) is 0 Å². The van der Waals surface area contributed by atoms with E-state index in [1.807, 2.05) is 29.5 Å². The second-order valence-electron chi connectivity index (χ2n) is 15.8. The van der Waals surface area contributed by atoms with Crippen LogP contribution in [0.15, 0.2) is 205 Å². The van der Waals surface area contributed by atoms with Crippen LogP contribution in [0.3, 0.4) is 0 Å². The van der Waals surface area contributed by atoms with Crippen molar-refractivity contribution in [3.05, 3.63) is 217 Å². The summed E-state index contributed by atoms with van der Waals surface area (Å²) >= 11 is 1.82. The number of para-hydroxylation sites is 1. The van der Waals surface area contributed by atoms with Crippen LogP contribution < -0.4 is 0 Å². The van der Waals surface area contributed by atoms with Crippen LogP contribution in [0.5, 0.6) is 0 Å². The molecule has 0 unspecified atom stereocenters. The first-order valence-electron chi connectivity index (χ1n) is 20.9. The standard InChI is InChI=1S/C59H38OS/c1-3-39(58-48-27-14-12-25-46(48)57(47-26-13-15-28-49(47)58)38-30-32-41-40-20-16-17-29-51(40)60-52(41)35-38)59-50-34-37(31-33-54(50)61-53(59)4-2)56-44-23-10-8-21-42(44)55(36-18-6-5-7-19-36)43-22-9-11-24-45(43)56/h3-35H,2H2,1H3/b39-3-. The van der Waals surface area contributed by atoms with Gasteiger partial charge in [-0.25, -0.2) is 0 Å². The molecule has 286 valence electrons. The summed E-state index contributed by atoms with van der Waals surface area (Å²) in [5.74, 6) is 0. The minimum atomic E-state index is 0.900. The van der Waals surface area contributed by atoms with E-state index in [4.69, 9.17) is 4.42 Å². The van der Waals surface area contributed by atoms with Crippen LogP contribution in [0.4, 0.5) is 0 Å². The molecule has 0 N–H and O–H groups in total. The molecule has 2 heterocycles. The topological polar surface area (TPSA) is 13.1 Å². The third kappa shape index (κ3) is 5.39. The van der Waals surface area contributed by atoms with Crippen LogP contribution in [-0.4, -0.2) is 0 Å². The van der Waals surface area contributed by atoms with Gasteiger partial charge in [0.1, 0.15) is 11.2 Å². The van der Waals surface area contributed by atoms with Gasteiger partial charge in [-0.05, 0) is 125 Å². The van der Waals surface area contributed by atoms with Crippen LogP contribution in [-0.2, 0) is 0 Å². The lowest BCUT2D eigenvalue weighted by Crippen LogP contribution is -1.96. The predicted molar refractivity (Wildman–Crippen MR) is 265 cm³/mol. The molecule has 0 spiro atoms. The largest absolute Gasteiger partial charge is 0.456 e. The summed E-state index contributed by atoms with van der Waals surface area (Å²) in [4.78, 5) is 1.17. The lowest BCUT2D eigenvalue weighted by molar-refractivity contribution is 0.669. The SMILES string of the molecule is C=Cc1sc2ccc(-c3c4ccccc4c(-c4ccccc4)c4ccccc34)cc2c1/C(=C\C)c1c2ccccc2c(-c2ccc3c(c2)oc2ccccc23)c2ccccc12. The minimum Gasteiger partial charge on any atom is -0.456 e. The Morgan fingerprint density at radius 2 is 0.869 bits per heavy atom. The first-order valence-corrected chi connectivity index (χ1v) is 21.7. The highest BCUT2D eigenvalue weighted by Gasteiger charge is 2.24. The molecule has 1 nitrogen and oxygen atoms in total. The van der Waals surface area contributed by atoms with Crippen molar-refractivity contribution < 1.29 is 4.42 Å². The van der Waals surface area contributed by atoms with E-state index in [1.165, 1.54) is 103 Å². The zero-order valence-electron chi connectivity index (χ0n) is 33.6. The maximum absolute atomic E-state index is 6.43. The van der Waals surface area contributed by atoms with Crippen molar-refractivity contribution >= 4 is 98.1 Å². The molecule has 12 aromatic rings. The van der Waals surface area contributed by atoms with E-state index in [2.05, 4.69) is 196 Å². The van der Waals surface area contributed by atoms with Gasteiger partial charge >= 0.3 is 0 Å². The second kappa shape index (κ2) is 14.1. The third-order valence-corrected chi connectivity index (χ3v) is 13.8. The average Bonchev–Trinajstić information content (AvgIpc) is 3.88. The first-order chi connectivity index (χ1) is 30.2. The molecule has 0 atom stereocenters. The Labute approximate surface area is 357 Å². The zero-order chi connectivity index (χ0) is 40.6. The van der Waals surface area contributed by atoms with Crippen molar-refractivity contribution in [2.45, 2.75) is 6.92 Å². The molecule has 61 heavy (non-hydrogen) atoms. The lowest BCUT2D eigenvalue weighted by atomic mass is 9.83. The fraction of sp³-hybridized carbons (Fsp3) is 0.0169. The second-order valence-corrected chi connectivity index (χ2v) is 16.9. The fourth-order valence-electron chi connectivity index (χ4n) is 10.1. The number of thiophene rings is 1. The molecule has 12 rings (SSSR count). The van der Waals surface area contributed by atoms with E-state index in [-0.39, 0.29) is 0 Å². The Balaban J connectivity index is 1.11. The molecular formula is C59H38OS. The highest BCUT2D eigenvalue weighted by molar-refractivity contribution is 7.20.